The van der Waals surface area contributed by atoms with Gasteiger partial charge in [0.1, 0.15) is 17.2 Å². The summed E-state index contributed by atoms with van der Waals surface area (Å²) in [5, 5.41) is 31.8. The molecule has 0 aliphatic rings. The maximum atomic E-state index is 10.7. The second-order valence-electron chi connectivity index (χ2n) is 5.01. The van der Waals surface area contributed by atoms with Crippen molar-refractivity contribution < 1.29 is 29.5 Å². The van der Waals surface area contributed by atoms with Crippen molar-refractivity contribution in [2.24, 2.45) is 0 Å². The van der Waals surface area contributed by atoms with Crippen LogP contribution >= 0.6 is 0 Å². The van der Waals surface area contributed by atoms with Crippen molar-refractivity contribution in [3.63, 3.8) is 0 Å². The SMILES string of the molecule is COc1ccc([O-])cc1.COc1cccc([O-])c1.COc1ccccc1[O-].[Mg+2].[Mg+2]. The number of rotatable bonds is 3. The fraction of sp³-hybridized carbons (Fsp3) is 0.143. The van der Waals surface area contributed by atoms with Crippen LogP contribution in [0.15, 0.2) is 72.8 Å². The summed E-state index contributed by atoms with van der Waals surface area (Å²) >= 11 is 0. The Kier molecular flexibility index (Phi) is 17.0. The Hall–Kier alpha value is -2.01. The van der Waals surface area contributed by atoms with Gasteiger partial charge in [0.2, 0.25) is 0 Å². The third kappa shape index (κ3) is 12.2. The minimum Gasteiger partial charge on any atom is -0.872 e. The molecule has 0 bridgehead atoms. The van der Waals surface area contributed by atoms with E-state index in [4.69, 9.17) is 14.2 Å². The number of hydrogen-bond acceptors (Lipinski definition) is 6. The van der Waals surface area contributed by atoms with Crippen molar-refractivity contribution in [2.75, 3.05) is 21.3 Å². The molecule has 0 aliphatic heterocycles. The molecule has 8 heteroatoms. The van der Waals surface area contributed by atoms with E-state index >= 15 is 0 Å². The van der Waals surface area contributed by atoms with Gasteiger partial charge >= 0.3 is 46.1 Å². The topological polar surface area (TPSA) is 96.9 Å². The van der Waals surface area contributed by atoms with E-state index in [-0.39, 0.29) is 63.4 Å². The predicted octanol–water partition coefficient (Wildman–Crippen LogP) is 1.54. The molecule has 29 heavy (non-hydrogen) atoms. The summed E-state index contributed by atoms with van der Waals surface area (Å²) in [6, 6.07) is 19.1. The predicted molar refractivity (Wildman–Crippen MR) is 109 cm³/mol. The van der Waals surface area contributed by atoms with Crippen LogP contribution in [-0.4, -0.2) is 67.4 Å². The Morgan fingerprint density at radius 3 is 1.55 bits per heavy atom. The van der Waals surface area contributed by atoms with E-state index < -0.39 is 0 Å². The Bertz CT molecular complexity index is 797. The first-order chi connectivity index (χ1) is 13.0. The molecule has 0 saturated carbocycles. The zero-order valence-corrected chi connectivity index (χ0v) is 19.6. The summed E-state index contributed by atoms with van der Waals surface area (Å²) in [5.41, 5.74) is 0. The molecule has 0 amide bonds. The first kappa shape index (κ1) is 29.2. The first-order valence-corrected chi connectivity index (χ1v) is 7.92. The van der Waals surface area contributed by atoms with E-state index in [9.17, 15) is 15.3 Å². The number of ether oxygens (including phenoxy) is 3. The zero-order chi connectivity index (χ0) is 20.1. The molecule has 3 aromatic rings. The third-order valence-electron chi connectivity index (χ3n) is 3.17. The fourth-order valence-corrected chi connectivity index (χ4v) is 1.80. The summed E-state index contributed by atoms with van der Waals surface area (Å²) in [7, 11) is 4.59. The second-order valence-corrected chi connectivity index (χ2v) is 5.01. The van der Waals surface area contributed by atoms with Crippen LogP contribution in [0.25, 0.3) is 0 Å². The summed E-state index contributed by atoms with van der Waals surface area (Å²) < 4.78 is 14.4. The molecule has 3 aromatic carbocycles. The monoisotopic (exact) mass is 417 g/mol. The van der Waals surface area contributed by atoms with Gasteiger partial charge in [0, 0.05) is 0 Å². The van der Waals surface area contributed by atoms with E-state index in [0.717, 1.165) is 5.75 Å². The van der Waals surface area contributed by atoms with E-state index in [1.165, 1.54) is 44.6 Å². The first-order valence-electron chi connectivity index (χ1n) is 7.92. The fourth-order valence-electron chi connectivity index (χ4n) is 1.80. The van der Waals surface area contributed by atoms with Gasteiger partial charge in [-0.3, -0.25) is 0 Å². The van der Waals surface area contributed by atoms with Crippen LogP contribution in [0, 0.1) is 0 Å². The van der Waals surface area contributed by atoms with Crippen LogP contribution in [-0.2, 0) is 0 Å². The van der Waals surface area contributed by atoms with Crippen molar-refractivity contribution in [2.45, 2.75) is 0 Å². The second kappa shape index (κ2) is 16.9. The Labute approximate surface area is 203 Å². The molecule has 6 nitrogen and oxygen atoms in total. The average Bonchev–Trinajstić information content (AvgIpc) is 2.70. The molecule has 0 aliphatic carbocycles. The molecule has 0 radical (unpaired) electrons. The molecule has 0 saturated heterocycles. The van der Waals surface area contributed by atoms with Crippen molar-refractivity contribution in [1.29, 1.82) is 0 Å². The van der Waals surface area contributed by atoms with Gasteiger partial charge in [-0.1, -0.05) is 48.2 Å². The van der Waals surface area contributed by atoms with Gasteiger partial charge in [-0.05, 0) is 30.3 Å². The molecular formula is C21H21Mg2O6+. The van der Waals surface area contributed by atoms with Crippen molar-refractivity contribution >= 4 is 46.1 Å². The van der Waals surface area contributed by atoms with Crippen molar-refractivity contribution in [3.8, 4) is 34.5 Å². The van der Waals surface area contributed by atoms with Crippen LogP contribution < -0.4 is 29.5 Å². The summed E-state index contributed by atoms with van der Waals surface area (Å²) in [4.78, 5) is 0. The minimum absolute atomic E-state index is 0. The standard InChI is InChI=1S/3C7H8O2.2Mg/c1-9-7-4-2-6(8)3-5-7;1-9-7-4-2-3-6(8)5-7;1-9-7-5-3-2-4-6(7)8;;/h3*2-5,8H,1H3;;/q;;;2*+2/p-3. The summed E-state index contributed by atoms with van der Waals surface area (Å²) in [5.74, 6) is 1.65. The van der Waals surface area contributed by atoms with Crippen molar-refractivity contribution in [3.05, 3.63) is 72.8 Å². The summed E-state index contributed by atoms with van der Waals surface area (Å²) in [6.07, 6.45) is 0. The molecule has 0 N–H and O–H groups in total. The van der Waals surface area contributed by atoms with Crippen LogP contribution in [0.1, 0.15) is 0 Å². The maximum absolute atomic E-state index is 10.7. The molecule has 3 rings (SSSR count). The molecule has 0 atom stereocenters. The quantitative estimate of drug-likeness (QED) is 0.599. The van der Waals surface area contributed by atoms with Crippen LogP contribution in [0.3, 0.4) is 0 Å². The maximum Gasteiger partial charge on any atom is 2.00 e. The zero-order valence-electron chi connectivity index (χ0n) is 16.8. The van der Waals surface area contributed by atoms with Gasteiger partial charge in [0.05, 0.1) is 21.3 Å². The van der Waals surface area contributed by atoms with E-state index in [1.807, 2.05) is 0 Å². The molecular weight excluding hydrogens is 397 g/mol. The van der Waals surface area contributed by atoms with Crippen LogP contribution in [0.2, 0.25) is 0 Å². The number of benzene rings is 3. The summed E-state index contributed by atoms with van der Waals surface area (Å²) in [6.45, 7) is 0. The minimum atomic E-state index is -0.0694. The van der Waals surface area contributed by atoms with Gasteiger partial charge in [0.15, 0.2) is 0 Å². The van der Waals surface area contributed by atoms with Crippen LogP contribution in [0.4, 0.5) is 0 Å². The Morgan fingerprint density at radius 1 is 0.552 bits per heavy atom. The molecule has 0 unspecified atom stereocenters. The molecule has 0 spiro atoms. The van der Waals surface area contributed by atoms with Gasteiger partial charge in [-0.25, -0.2) is 0 Å². The Morgan fingerprint density at radius 2 is 1.14 bits per heavy atom. The Balaban J connectivity index is 0. The molecule has 0 heterocycles. The van der Waals surface area contributed by atoms with Gasteiger partial charge < -0.3 is 29.5 Å². The number of para-hydroxylation sites is 2. The molecule has 0 aromatic heterocycles. The van der Waals surface area contributed by atoms with E-state index in [0.29, 0.717) is 11.5 Å². The van der Waals surface area contributed by atoms with Crippen molar-refractivity contribution in [1.82, 2.24) is 0 Å². The third-order valence-corrected chi connectivity index (χ3v) is 3.17. The average molecular weight is 418 g/mol. The van der Waals surface area contributed by atoms with Gasteiger partial charge in [0.25, 0.3) is 0 Å². The number of methoxy groups -OCH3 is 3. The number of hydrogen-bond donors (Lipinski definition) is 0. The van der Waals surface area contributed by atoms with Crippen LogP contribution in [0.5, 0.6) is 34.5 Å². The molecule has 144 valence electrons. The van der Waals surface area contributed by atoms with E-state index in [1.54, 1.807) is 49.6 Å². The largest absolute Gasteiger partial charge is 2.00 e. The smallest absolute Gasteiger partial charge is 0.872 e. The van der Waals surface area contributed by atoms with Gasteiger partial charge in [-0.2, -0.15) is 0 Å². The van der Waals surface area contributed by atoms with E-state index in [2.05, 4.69) is 0 Å². The van der Waals surface area contributed by atoms with Gasteiger partial charge in [-0.15, -0.1) is 11.5 Å². The normalized spacial score (nSPS) is 8.38. The molecule has 0 fully saturated rings.